The molecular weight excluding hydrogens is 368 g/mol. The van der Waals surface area contributed by atoms with Crippen molar-refractivity contribution in [3.63, 3.8) is 0 Å². The summed E-state index contributed by atoms with van der Waals surface area (Å²) in [7, 11) is 2.06. The number of furan rings is 1. The number of hydrogen-bond donors (Lipinski definition) is 0. The monoisotopic (exact) mass is 389 g/mol. The minimum atomic E-state index is 0.604. The van der Waals surface area contributed by atoms with Crippen molar-refractivity contribution in [1.82, 2.24) is 0 Å². The van der Waals surface area contributed by atoms with Gasteiger partial charge in [0.05, 0.1) is 12.1 Å². The summed E-state index contributed by atoms with van der Waals surface area (Å²) in [6.45, 7) is 11.9. The van der Waals surface area contributed by atoms with Crippen molar-refractivity contribution in [3.05, 3.63) is 95.5 Å². The van der Waals surface area contributed by atoms with Gasteiger partial charge in [0.25, 0.3) is 0 Å². The van der Waals surface area contributed by atoms with Gasteiger partial charge in [-0.3, -0.25) is 0 Å². The van der Waals surface area contributed by atoms with E-state index in [2.05, 4.69) is 60.8 Å². The van der Waals surface area contributed by atoms with E-state index in [1.54, 1.807) is 0 Å². The summed E-state index contributed by atoms with van der Waals surface area (Å²) in [6, 6.07) is 22.5. The third-order valence-corrected chi connectivity index (χ3v) is 5.74. The number of benzene rings is 3. The average Bonchev–Trinajstić information content (AvgIpc) is 3.14. The molecule has 0 atom stereocenters. The van der Waals surface area contributed by atoms with E-state index in [1.165, 1.54) is 5.56 Å². The van der Waals surface area contributed by atoms with Crippen molar-refractivity contribution in [1.29, 1.82) is 0 Å². The van der Waals surface area contributed by atoms with Gasteiger partial charge in [-0.05, 0) is 30.5 Å². The molecule has 2 aromatic heterocycles. The molecule has 0 aliphatic rings. The third kappa shape index (κ3) is 2.69. The highest BCUT2D eigenvalue weighted by Crippen LogP contribution is 2.44. The first-order valence-corrected chi connectivity index (χ1v) is 9.97. The van der Waals surface area contributed by atoms with Crippen LogP contribution in [0.5, 0.6) is 0 Å². The first kappa shape index (κ1) is 18.1. The quantitative estimate of drug-likeness (QED) is 0.237. The zero-order chi connectivity index (χ0) is 20.8. The Morgan fingerprint density at radius 1 is 0.833 bits per heavy atom. The van der Waals surface area contributed by atoms with E-state index < -0.39 is 0 Å². The Morgan fingerprint density at radius 3 is 2.27 bits per heavy atom. The van der Waals surface area contributed by atoms with E-state index in [1.807, 2.05) is 42.5 Å². The Hall–Kier alpha value is -3.90. The van der Waals surface area contributed by atoms with Crippen LogP contribution in [-0.4, -0.2) is 0 Å². The smallest absolute Gasteiger partial charge is 0.216 e. The van der Waals surface area contributed by atoms with Crippen LogP contribution in [-0.2, 0) is 7.05 Å². The maximum absolute atomic E-state index is 7.69. The molecule has 2 heterocycles. The van der Waals surface area contributed by atoms with E-state index in [4.69, 9.17) is 11.0 Å². The summed E-state index contributed by atoms with van der Waals surface area (Å²) in [6.07, 6.45) is 2.08. The van der Waals surface area contributed by atoms with Gasteiger partial charge in [0.2, 0.25) is 5.69 Å². The molecule has 3 heteroatoms. The molecular formula is C27H21N2O+. The molecule has 5 aromatic rings. The molecule has 0 bridgehead atoms. The largest absolute Gasteiger partial charge is 0.456 e. The first-order valence-electron chi connectivity index (χ1n) is 9.97. The molecule has 0 saturated carbocycles. The van der Waals surface area contributed by atoms with Gasteiger partial charge >= 0.3 is 0 Å². The highest BCUT2D eigenvalue weighted by Gasteiger charge is 2.23. The van der Waals surface area contributed by atoms with E-state index in [0.717, 1.165) is 49.9 Å². The highest BCUT2D eigenvalue weighted by atomic mass is 16.3. The van der Waals surface area contributed by atoms with Crippen LogP contribution in [0.3, 0.4) is 0 Å². The van der Waals surface area contributed by atoms with Gasteiger partial charge in [0.1, 0.15) is 18.2 Å². The van der Waals surface area contributed by atoms with Crippen molar-refractivity contribution in [2.75, 3.05) is 0 Å². The Morgan fingerprint density at radius 2 is 1.53 bits per heavy atom. The van der Waals surface area contributed by atoms with E-state index in [-0.39, 0.29) is 0 Å². The first-order chi connectivity index (χ1) is 14.6. The molecule has 144 valence electrons. The summed E-state index contributed by atoms with van der Waals surface area (Å²) < 4.78 is 8.71. The van der Waals surface area contributed by atoms with Crippen LogP contribution in [0, 0.1) is 20.4 Å². The van der Waals surface area contributed by atoms with Crippen molar-refractivity contribution in [2.24, 2.45) is 7.05 Å². The molecule has 0 amide bonds. The summed E-state index contributed by atoms with van der Waals surface area (Å²) >= 11 is 0. The van der Waals surface area contributed by atoms with Gasteiger partial charge in [0, 0.05) is 28.5 Å². The zero-order valence-electron chi connectivity index (χ0n) is 17.2. The van der Waals surface area contributed by atoms with Crippen LogP contribution in [0.25, 0.3) is 49.2 Å². The molecule has 0 N–H and O–H groups in total. The number of aryl methyl sites for hydroxylation is 3. The maximum atomic E-state index is 7.69. The SMILES string of the molecule is [C-]#[N+]c1ccc2c(oc3c(-c4cc(C)cc[n+]4C)c(C)ccc32)c1-c1ccccc1. The number of fused-ring (bicyclic) bond motifs is 3. The lowest BCUT2D eigenvalue weighted by atomic mass is 9.98. The fourth-order valence-corrected chi connectivity index (χ4v) is 4.21. The molecule has 30 heavy (non-hydrogen) atoms. The lowest BCUT2D eigenvalue weighted by molar-refractivity contribution is -0.660. The minimum absolute atomic E-state index is 0.604. The van der Waals surface area contributed by atoms with Crippen molar-refractivity contribution < 1.29 is 8.98 Å². The van der Waals surface area contributed by atoms with Crippen molar-refractivity contribution in [3.8, 4) is 22.4 Å². The van der Waals surface area contributed by atoms with Gasteiger partial charge in [-0.1, -0.05) is 54.6 Å². The van der Waals surface area contributed by atoms with Crippen LogP contribution in [0.15, 0.2) is 77.3 Å². The molecule has 0 unspecified atom stereocenters. The van der Waals surface area contributed by atoms with Gasteiger partial charge < -0.3 is 4.42 Å². The van der Waals surface area contributed by atoms with Gasteiger partial charge in [0.15, 0.2) is 11.9 Å². The van der Waals surface area contributed by atoms with Crippen molar-refractivity contribution >= 4 is 27.6 Å². The second-order valence-corrected chi connectivity index (χ2v) is 7.75. The summed E-state index contributed by atoms with van der Waals surface area (Å²) in [5, 5.41) is 2.11. The Bertz CT molecular complexity index is 1470. The predicted molar refractivity (Wildman–Crippen MR) is 122 cm³/mol. The summed E-state index contributed by atoms with van der Waals surface area (Å²) in [5.74, 6) is 0. The van der Waals surface area contributed by atoms with Gasteiger partial charge in [-0.2, -0.15) is 0 Å². The Labute approximate surface area is 175 Å². The molecule has 0 saturated heterocycles. The second-order valence-electron chi connectivity index (χ2n) is 7.75. The number of pyridine rings is 1. The standard InChI is InChI=1S/C27H21N2O/c1-17-14-15-29(4)23(16-17)24-18(2)10-11-20-21-12-13-22(28-3)25(27(21)30-26(20)24)19-8-6-5-7-9-19/h5-16H,1-2,4H3/q+1. The summed E-state index contributed by atoms with van der Waals surface area (Å²) in [4.78, 5) is 3.78. The fourth-order valence-electron chi connectivity index (χ4n) is 4.21. The van der Waals surface area contributed by atoms with Gasteiger partial charge in [-0.15, -0.1) is 0 Å². The molecule has 3 nitrogen and oxygen atoms in total. The van der Waals surface area contributed by atoms with E-state index >= 15 is 0 Å². The van der Waals surface area contributed by atoms with E-state index in [9.17, 15) is 0 Å². The molecule has 0 spiro atoms. The van der Waals surface area contributed by atoms with Crippen LogP contribution >= 0.6 is 0 Å². The molecule has 0 aliphatic carbocycles. The molecule has 5 rings (SSSR count). The topological polar surface area (TPSA) is 21.4 Å². The van der Waals surface area contributed by atoms with E-state index in [0.29, 0.717) is 5.69 Å². The zero-order valence-corrected chi connectivity index (χ0v) is 17.2. The number of rotatable bonds is 2. The van der Waals surface area contributed by atoms with Crippen LogP contribution in [0.2, 0.25) is 0 Å². The fraction of sp³-hybridized carbons (Fsp3) is 0.111. The third-order valence-electron chi connectivity index (χ3n) is 5.74. The molecule has 0 aliphatic heterocycles. The van der Waals surface area contributed by atoms with Crippen LogP contribution in [0.4, 0.5) is 5.69 Å². The number of nitrogens with zero attached hydrogens (tertiary/aromatic N) is 2. The summed E-state index contributed by atoms with van der Waals surface area (Å²) in [5.41, 5.74) is 8.67. The average molecular weight is 389 g/mol. The normalized spacial score (nSPS) is 11.1. The van der Waals surface area contributed by atoms with Gasteiger partial charge in [-0.25, -0.2) is 9.41 Å². The second kappa shape index (κ2) is 6.86. The highest BCUT2D eigenvalue weighted by molar-refractivity contribution is 6.15. The van der Waals surface area contributed by atoms with Crippen LogP contribution < -0.4 is 4.57 Å². The van der Waals surface area contributed by atoms with Crippen molar-refractivity contribution in [2.45, 2.75) is 13.8 Å². The minimum Gasteiger partial charge on any atom is -0.456 e. The van der Waals surface area contributed by atoms with Crippen LogP contribution in [0.1, 0.15) is 11.1 Å². The molecule has 0 radical (unpaired) electrons. The number of aromatic nitrogens is 1. The number of hydrogen-bond acceptors (Lipinski definition) is 1. The molecule has 0 fully saturated rings. The lowest BCUT2D eigenvalue weighted by Crippen LogP contribution is -2.30. The Balaban J connectivity index is 1.93. The molecule has 3 aromatic carbocycles. The predicted octanol–water partition coefficient (Wildman–Crippen LogP) is 6.91. The lowest BCUT2D eigenvalue weighted by Gasteiger charge is -2.06. The Kier molecular flexibility index (Phi) is 4.15. The maximum Gasteiger partial charge on any atom is 0.216 e.